The van der Waals surface area contributed by atoms with Gasteiger partial charge in [-0.3, -0.25) is 4.79 Å². The number of pyridine rings is 1. The van der Waals surface area contributed by atoms with Crippen molar-refractivity contribution >= 4 is 5.91 Å². The number of rotatable bonds is 4. The lowest BCUT2D eigenvalue weighted by molar-refractivity contribution is -0.401. The minimum absolute atomic E-state index is 0.127. The van der Waals surface area contributed by atoms with E-state index in [4.69, 9.17) is 0 Å². The molecule has 0 saturated carbocycles. The Balaban J connectivity index is 1.65. The van der Waals surface area contributed by atoms with Crippen LogP contribution in [-0.2, 0) is 11.0 Å². The van der Waals surface area contributed by atoms with Gasteiger partial charge < -0.3 is 15.5 Å². The molecule has 0 fully saturated rings. The summed E-state index contributed by atoms with van der Waals surface area (Å²) in [6.45, 7) is 0. The van der Waals surface area contributed by atoms with E-state index >= 15 is 0 Å². The van der Waals surface area contributed by atoms with Gasteiger partial charge in [0, 0.05) is 23.9 Å². The van der Waals surface area contributed by atoms with E-state index in [1.807, 2.05) is 5.32 Å². The van der Waals surface area contributed by atoms with E-state index in [0.29, 0.717) is 12.1 Å². The van der Waals surface area contributed by atoms with Crippen LogP contribution < -0.4 is 15.6 Å². The molecule has 2 aromatic rings. The fourth-order valence-electron chi connectivity index (χ4n) is 3.63. The molecule has 34 heavy (non-hydrogen) atoms. The zero-order valence-electron chi connectivity index (χ0n) is 17.0. The fourth-order valence-corrected chi connectivity index (χ4v) is 3.63. The van der Waals surface area contributed by atoms with Gasteiger partial charge in [-0.2, -0.15) is 26.3 Å². The van der Waals surface area contributed by atoms with Gasteiger partial charge in [-0.05, 0) is 24.3 Å². The molecule has 178 valence electrons. The number of carbonyl (C=O) groups is 1. The maximum Gasteiger partial charge on any atom is 0.418 e. The maximum atomic E-state index is 14.6. The Hall–Kier alpha value is -3.83. The Morgan fingerprint density at radius 1 is 1.09 bits per heavy atom. The van der Waals surface area contributed by atoms with Crippen molar-refractivity contribution in [3.63, 3.8) is 0 Å². The van der Waals surface area contributed by atoms with Crippen molar-refractivity contribution in [3.05, 3.63) is 101 Å². The van der Waals surface area contributed by atoms with Crippen LogP contribution in [0.3, 0.4) is 0 Å². The number of H-pyrrole nitrogens is 1. The lowest BCUT2D eigenvalue weighted by Gasteiger charge is -2.26. The van der Waals surface area contributed by atoms with Gasteiger partial charge in [0.2, 0.25) is 11.7 Å². The Morgan fingerprint density at radius 2 is 1.85 bits per heavy atom. The van der Waals surface area contributed by atoms with Crippen LogP contribution in [0.4, 0.5) is 30.7 Å². The molecule has 0 bridgehead atoms. The number of aromatic nitrogens is 1. The van der Waals surface area contributed by atoms with E-state index in [0.717, 1.165) is 12.1 Å². The van der Waals surface area contributed by atoms with E-state index in [-0.39, 0.29) is 22.7 Å². The molecule has 2 unspecified atom stereocenters. The summed E-state index contributed by atoms with van der Waals surface area (Å²) in [7, 11) is 0. The minimum atomic E-state index is -4.84. The Labute approximate surface area is 188 Å². The third-order valence-electron chi connectivity index (χ3n) is 5.20. The molecule has 0 saturated heterocycles. The van der Waals surface area contributed by atoms with Crippen LogP contribution in [0.15, 0.2) is 78.4 Å². The second-order valence-corrected chi connectivity index (χ2v) is 7.42. The van der Waals surface area contributed by atoms with Crippen LogP contribution in [0, 0.1) is 5.82 Å². The first-order valence-corrected chi connectivity index (χ1v) is 9.81. The average molecular weight is 485 g/mol. The molecule has 4 rings (SSSR count). The molecule has 0 spiro atoms. The summed E-state index contributed by atoms with van der Waals surface area (Å²) in [4.78, 5) is 16.7. The van der Waals surface area contributed by atoms with Crippen LogP contribution in [0.25, 0.3) is 0 Å². The SMILES string of the molecule is O=C(NC(c1cccc[nH+]1)C(F)(F)F)C1=C2C=CC=CN2C(c2ccc(C(F)(F)F)cc2F)N1. The van der Waals surface area contributed by atoms with Crippen molar-refractivity contribution < 1.29 is 40.5 Å². The largest absolute Gasteiger partial charge is 0.418 e. The molecule has 1 aromatic heterocycles. The van der Waals surface area contributed by atoms with Gasteiger partial charge in [-0.25, -0.2) is 9.37 Å². The van der Waals surface area contributed by atoms with Crippen LogP contribution in [0.5, 0.6) is 0 Å². The number of hydrogen-bond donors (Lipinski definition) is 2. The topological polar surface area (TPSA) is 58.5 Å². The first kappa shape index (κ1) is 23.3. The second kappa shape index (κ2) is 8.50. The lowest BCUT2D eigenvalue weighted by Crippen LogP contribution is -2.43. The Bertz CT molecular complexity index is 1190. The van der Waals surface area contributed by atoms with Crippen molar-refractivity contribution in [2.75, 3.05) is 0 Å². The smallest absolute Gasteiger partial charge is 0.355 e. The molecule has 2 atom stereocenters. The van der Waals surface area contributed by atoms with Gasteiger partial charge in [0.15, 0.2) is 6.20 Å². The van der Waals surface area contributed by atoms with Crippen molar-refractivity contribution in [2.24, 2.45) is 0 Å². The molecule has 1 aromatic carbocycles. The van der Waals surface area contributed by atoms with E-state index in [1.54, 1.807) is 0 Å². The number of alkyl halides is 6. The molecule has 3 N–H and O–H groups in total. The van der Waals surface area contributed by atoms with Gasteiger partial charge in [-0.15, -0.1) is 0 Å². The highest BCUT2D eigenvalue weighted by molar-refractivity contribution is 5.95. The van der Waals surface area contributed by atoms with Gasteiger partial charge in [-0.1, -0.05) is 18.2 Å². The summed E-state index contributed by atoms with van der Waals surface area (Å²) >= 11 is 0. The summed E-state index contributed by atoms with van der Waals surface area (Å²) in [5, 5.41) is 4.57. The normalized spacial score (nSPS) is 18.6. The minimum Gasteiger partial charge on any atom is -0.355 e. The van der Waals surface area contributed by atoms with E-state index < -0.39 is 41.8 Å². The summed E-state index contributed by atoms with van der Waals surface area (Å²) in [6, 6.07) is 3.56. The highest BCUT2D eigenvalue weighted by Gasteiger charge is 2.47. The van der Waals surface area contributed by atoms with Crippen LogP contribution in [0.2, 0.25) is 0 Å². The lowest BCUT2D eigenvalue weighted by atomic mass is 10.1. The van der Waals surface area contributed by atoms with E-state index in [9.17, 15) is 35.5 Å². The number of fused-ring (bicyclic) bond motifs is 1. The maximum absolute atomic E-state index is 14.6. The number of benzene rings is 1. The zero-order valence-corrected chi connectivity index (χ0v) is 17.0. The predicted octanol–water partition coefficient (Wildman–Crippen LogP) is 4.28. The van der Waals surface area contributed by atoms with Crippen LogP contribution in [0.1, 0.15) is 29.0 Å². The van der Waals surface area contributed by atoms with Gasteiger partial charge >= 0.3 is 12.4 Å². The summed E-state index contributed by atoms with van der Waals surface area (Å²) in [5.74, 6) is -2.32. The van der Waals surface area contributed by atoms with Crippen LogP contribution >= 0.6 is 0 Å². The molecule has 2 aliphatic heterocycles. The molecule has 0 aliphatic carbocycles. The third-order valence-corrected chi connectivity index (χ3v) is 5.20. The van der Waals surface area contributed by atoms with Crippen molar-refractivity contribution in [3.8, 4) is 0 Å². The van der Waals surface area contributed by atoms with Crippen molar-refractivity contribution in [1.82, 2.24) is 15.5 Å². The summed E-state index contributed by atoms with van der Waals surface area (Å²) in [5.41, 5.74) is -1.90. The van der Waals surface area contributed by atoms with Crippen LogP contribution in [-0.4, -0.2) is 17.0 Å². The summed E-state index contributed by atoms with van der Waals surface area (Å²) in [6.07, 6.45) is -3.60. The molecular formula is C22H16F7N4O+. The summed E-state index contributed by atoms with van der Waals surface area (Å²) < 4.78 is 94.3. The molecular weight excluding hydrogens is 469 g/mol. The number of allylic oxidation sites excluding steroid dienone is 3. The van der Waals surface area contributed by atoms with E-state index in [2.05, 4.69) is 10.3 Å². The fraction of sp³-hybridized carbons (Fsp3) is 0.182. The Kier molecular flexibility index (Phi) is 5.84. The predicted molar refractivity (Wildman–Crippen MR) is 104 cm³/mol. The monoisotopic (exact) mass is 485 g/mol. The molecule has 0 radical (unpaired) electrons. The molecule has 2 aliphatic rings. The number of halogens is 7. The molecule has 12 heteroatoms. The quantitative estimate of drug-likeness (QED) is 0.636. The third kappa shape index (κ3) is 4.47. The van der Waals surface area contributed by atoms with Crippen molar-refractivity contribution in [2.45, 2.75) is 24.6 Å². The standard InChI is InChI=1S/C22H15F7N4O/c23-14-11-12(21(24,25)26)7-8-13(14)19-31-17(16-6-2-4-10-33(16)19)20(34)32-18(22(27,28)29)15-5-1-3-9-30-15/h1-11,18-19,31H,(H,32,34)/p+1. The highest BCUT2D eigenvalue weighted by Crippen LogP contribution is 2.38. The average Bonchev–Trinajstić information content (AvgIpc) is 3.16. The first-order valence-electron chi connectivity index (χ1n) is 9.81. The van der Waals surface area contributed by atoms with Gasteiger partial charge in [0.1, 0.15) is 17.7 Å². The Morgan fingerprint density at radius 3 is 2.47 bits per heavy atom. The molecule has 3 heterocycles. The number of amides is 1. The van der Waals surface area contributed by atoms with Crippen molar-refractivity contribution in [1.29, 1.82) is 0 Å². The first-order chi connectivity index (χ1) is 16.0. The number of nitrogens with one attached hydrogen (secondary N) is 3. The molecule has 1 amide bonds. The number of hydrogen-bond acceptors (Lipinski definition) is 3. The van der Waals surface area contributed by atoms with E-state index in [1.165, 1.54) is 47.7 Å². The van der Waals surface area contributed by atoms with Gasteiger partial charge in [0.05, 0.1) is 11.3 Å². The highest BCUT2D eigenvalue weighted by atomic mass is 19.4. The molecule has 5 nitrogen and oxygen atoms in total. The number of nitrogens with zero attached hydrogens (tertiary/aromatic N) is 1. The second-order valence-electron chi connectivity index (χ2n) is 7.42. The number of carbonyl (C=O) groups excluding carboxylic acids is 1. The zero-order chi connectivity index (χ0) is 24.7. The number of aromatic amines is 1. The van der Waals surface area contributed by atoms with Gasteiger partial charge in [0.25, 0.3) is 5.91 Å².